The summed E-state index contributed by atoms with van der Waals surface area (Å²) in [6.45, 7) is 0. The number of nitrogens with two attached hydrogens (primary N) is 1. The van der Waals surface area contributed by atoms with Crippen LogP contribution in [0.1, 0.15) is 0 Å². The normalized spacial score (nSPS) is 11.0. The summed E-state index contributed by atoms with van der Waals surface area (Å²) >= 11 is 0. The van der Waals surface area contributed by atoms with Crippen molar-refractivity contribution >= 4 is 22.7 Å². The van der Waals surface area contributed by atoms with Gasteiger partial charge in [0.05, 0.1) is 5.52 Å². The molecule has 0 bridgehead atoms. The molecule has 0 fully saturated rings. The molecular formula is C15H14F2N4. The number of nitrogen functional groups attached to an aromatic ring is 1. The van der Waals surface area contributed by atoms with E-state index in [2.05, 4.69) is 4.98 Å². The predicted octanol–water partition coefficient (Wildman–Crippen LogP) is 2.95. The fourth-order valence-electron chi connectivity index (χ4n) is 2.29. The van der Waals surface area contributed by atoms with Gasteiger partial charge in [-0.25, -0.2) is 13.8 Å². The Morgan fingerprint density at radius 3 is 2.38 bits per heavy atom. The lowest BCUT2D eigenvalue weighted by atomic mass is 10.2. The van der Waals surface area contributed by atoms with Crippen molar-refractivity contribution in [3.05, 3.63) is 48.0 Å². The van der Waals surface area contributed by atoms with Gasteiger partial charge in [-0.15, -0.1) is 0 Å². The maximum atomic E-state index is 13.7. The maximum absolute atomic E-state index is 13.7. The van der Waals surface area contributed by atoms with E-state index in [4.69, 9.17) is 5.73 Å². The van der Waals surface area contributed by atoms with E-state index in [0.717, 1.165) is 11.8 Å². The number of halogens is 2. The second kappa shape index (κ2) is 4.73. The SMILES string of the molecule is CN(C)c1ccc(-n2c(N)nc3c(F)cc(F)cc32)cc1. The highest BCUT2D eigenvalue weighted by atomic mass is 19.1. The summed E-state index contributed by atoms with van der Waals surface area (Å²) in [6.07, 6.45) is 0. The molecule has 1 aromatic heterocycles. The summed E-state index contributed by atoms with van der Waals surface area (Å²) in [4.78, 5) is 5.93. The topological polar surface area (TPSA) is 47.1 Å². The molecule has 2 aromatic carbocycles. The van der Waals surface area contributed by atoms with Crippen molar-refractivity contribution in [3.8, 4) is 5.69 Å². The number of fused-ring (bicyclic) bond motifs is 1. The first-order valence-corrected chi connectivity index (χ1v) is 6.38. The van der Waals surface area contributed by atoms with Crippen molar-refractivity contribution < 1.29 is 8.78 Å². The number of benzene rings is 2. The number of anilines is 2. The van der Waals surface area contributed by atoms with E-state index in [9.17, 15) is 8.78 Å². The van der Waals surface area contributed by atoms with E-state index in [1.54, 1.807) is 0 Å². The van der Waals surface area contributed by atoms with Gasteiger partial charge in [-0.2, -0.15) is 0 Å². The molecule has 0 radical (unpaired) electrons. The Kier molecular flexibility index (Phi) is 3.01. The zero-order valence-corrected chi connectivity index (χ0v) is 11.6. The number of hydrogen-bond donors (Lipinski definition) is 1. The largest absolute Gasteiger partial charge is 0.378 e. The van der Waals surface area contributed by atoms with E-state index in [1.807, 2.05) is 43.3 Å². The molecule has 0 aliphatic rings. The first-order valence-electron chi connectivity index (χ1n) is 6.38. The standard InChI is InChI=1S/C15H14F2N4/c1-20(2)10-3-5-11(6-4-10)21-13-8-9(16)7-12(17)14(13)19-15(21)18/h3-8H,1-2H3,(H2,18,19). The monoisotopic (exact) mass is 288 g/mol. The second-order valence-corrected chi connectivity index (χ2v) is 4.97. The van der Waals surface area contributed by atoms with Crippen LogP contribution in [0.5, 0.6) is 0 Å². The Labute approximate surface area is 120 Å². The molecule has 1 heterocycles. The van der Waals surface area contributed by atoms with Gasteiger partial charge in [-0.3, -0.25) is 4.57 Å². The van der Waals surface area contributed by atoms with E-state index >= 15 is 0 Å². The summed E-state index contributed by atoms with van der Waals surface area (Å²) in [5.41, 5.74) is 7.94. The van der Waals surface area contributed by atoms with E-state index < -0.39 is 11.6 Å². The Bertz CT molecular complexity index is 807. The lowest BCUT2D eigenvalue weighted by Gasteiger charge is -2.13. The molecule has 2 N–H and O–H groups in total. The van der Waals surface area contributed by atoms with Crippen LogP contribution in [0, 0.1) is 11.6 Å². The fraction of sp³-hybridized carbons (Fsp3) is 0.133. The third kappa shape index (κ3) is 2.18. The molecule has 3 rings (SSSR count). The third-order valence-corrected chi connectivity index (χ3v) is 3.33. The molecule has 0 aliphatic carbocycles. The van der Waals surface area contributed by atoms with Crippen molar-refractivity contribution in [2.45, 2.75) is 0 Å². The Morgan fingerprint density at radius 1 is 1.10 bits per heavy atom. The first kappa shape index (κ1) is 13.4. The van der Waals surface area contributed by atoms with Gasteiger partial charge in [0.25, 0.3) is 0 Å². The number of hydrogen-bond acceptors (Lipinski definition) is 3. The van der Waals surface area contributed by atoms with Gasteiger partial charge in [0, 0.05) is 37.6 Å². The van der Waals surface area contributed by atoms with Crippen LogP contribution >= 0.6 is 0 Å². The molecule has 0 unspecified atom stereocenters. The highest BCUT2D eigenvalue weighted by molar-refractivity contribution is 5.81. The zero-order chi connectivity index (χ0) is 15.1. The minimum absolute atomic E-state index is 0.0607. The molecule has 6 heteroatoms. The second-order valence-electron chi connectivity index (χ2n) is 4.97. The van der Waals surface area contributed by atoms with Crippen molar-refractivity contribution in [3.63, 3.8) is 0 Å². The summed E-state index contributed by atoms with van der Waals surface area (Å²) in [5, 5.41) is 0. The predicted molar refractivity (Wildman–Crippen MR) is 79.7 cm³/mol. The minimum Gasteiger partial charge on any atom is -0.378 e. The Morgan fingerprint density at radius 2 is 1.76 bits per heavy atom. The van der Waals surface area contributed by atoms with E-state index in [1.165, 1.54) is 10.6 Å². The van der Waals surface area contributed by atoms with Crippen LogP contribution in [0.2, 0.25) is 0 Å². The molecule has 0 amide bonds. The first-order chi connectivity index (χ1) is 9.97. The van der Waals surface area contributed by atoms with Crippen LogP contribution in [0.15, 0.2) is 36.4 Å². The van der Waals surface area contributed by atoms with Crippen LogP contribution < -0.4 is 10.6 Å². The van der Waals surface area contributed by atoms with Crippen LogP contribution in [0.3, 0.4) is 0 Å². The fourth-order valence-corrected chi connectivity index (χ4v) is 2.29. The van der Waals surface area contributed by atoms with Crippen molar-refractivity contribution in [2.24, 2.45) is 0 Å². The lowest BCUT2D eigenvalue weighted by molar-refractivity contribution is 0.590. The van der Waals surface area contributed by atoms with E-state index in [-0.39, 0.29) is 11.5 Å². The maximum Gasteiger partial charge on any atom is 0.206 e. The highest BCUT2D eigenvalue weighted by Gasteiger charge is 2.15. The summed E-state index contributed by atoms with van der Waals surface area (Å²) in [6, 6.07) is 9.48. The van der Waals surface area contributed by atoms with Crippen molar-refractivity contribution in [1.29, 1.82) is 0 Å². The van der Waals surface area contributed by atoms with Crippen LogP contribution in [-0.2, 0) is 0 Å². The molecular weight excluding hydrogens is 274 g/mol. The zero-order valence-electron chi connectivity index (χ0n) is 11.6. The number of nitrogens with zero attached hydrogens (tertiary/aromatic N) is 3. The molecule has 3 aromatic rings. The smallest absolute Gasteiger partial charge is 0.206 e. The summed E-state index contributed by atoms with van der Waals surface area (Å²) in [5.74, 6) is -1.27. The van der Waals surface area contributed by atoms with Gasteiger partial charge >= 0.3 is 0 Å². The molecule has 108 valence electrons. The molecule has 0 spiro atoms. The van der Waals surface area contributed by atoms with Crippen LogP contribution in [-0.4, -0.2) is 23.6 Å². The Balaban J connectivity index is 2.22. The number of rotatable bonds is 2. The number of aromatic nitrogens is 2. The molecule has 0 aliphatic heterocycles. The summed E-state index contributed by atoms with van der Waals surface area (Å²) < 4.78 is 28.7. The van der Waals surface area contributed by atoms with Crippen LogP contribution in [0.25, 0.3) is 16.7 Å². The number of imidazole rings is 1. The van der Waals surface area contributed by atoms with Gasteiger partial charge in [-0.05, 0) is 24.3 Å². The van der Waals surface area contributed by atoms with Gasteiger partial charge in [0.15, 0.2) is 5.82 Å². The van der Waals surface area contributed by atoms with Gasteiger partial charge in [0.1, 0.15) is 11.3 Å². The van der Waals surface area contributed by atoms with Gasteiger partial charge in [-0.1, -0.05) is 0 Å². The molecule has 0 saturated carbocycles. The van der Waals surface area contributed by atoms with Crippen molar-refractivity contribution in [2.75, 3.05) is 24.7 Å². The van der Waals surface area contributed by atoms with E-state index in [0.29, 0.717) is 11.2 Å². The lowest BCUT2D eigenvalue weighted by Crippen LogP contribution is -2.08. The summed E-state index contributed by atoms with van der Waals surface area (Å²) in [7, 11) is 3.86. The van der Waals surface area contributed by atoms with Crippen molar-refractivity contribution in [1.82, 2.24) is 9.55 Å². The van der Waals surface area contributed by atoms with Gasteiger partial charge in [0.2, 0.25) is 5.95 Å². The Hall–Kier alpha value is -2.63. The quantitative estimate of drug-likeness (QED) is 0.788. The molecule has 0 atom stereocenters. The highest BCUT2D eigenvalue weighted by Crippen LogP contribution is 2.26. The third-order valence-electron chi connectivity index (χ3n) is 3.33. The minimum atomic E-state index is -0.722. The molecule has 21 heavy (non-hydrogen) atoms. The van der Waals surface area contributed by atoms with Gasteiger partial charge < -0.3 is 10.6 Å². The average molecular weight is 288 g/mol. The average Bonchev–Trinajstić information content (AvgIpc) is 2.75. The molecule has 4 nitrogen and oxygen atoms in total. The molecule has 0 saturated heterocycles. The van der Waals surface area contributed by atoms with Crippen LogP contribution in [0.4, 0.5) is 20.4 Å².